The van der Waals surface area contributed by atoms with E-state index in [9.17, 15) is 9.59 Å². The number of carbonyl (C=O) groups excluding carboxylic acids is 2. The second-order valence-corrected chi connectivity index (χ2v) is 8.02. The Morgan fingerprint density at radius 3 is 2.24 bits per heavy atom. The second kappa shape index (κ2) is 9.31. The van der Waals surface area contributed by atoms with Crippen LogP contribution in [-0.4, -0.2) is 42.9 Å². The van der Waals surface area contributed by atoms with Crippen molar-refractivity contribution in [2.45, 2.75) is 33.6 Å². The molecular weight excluding hydrogens is 386 g/mol. The molecule has 1 aliphatic rings. The van der Waals surface area contributed by atoms with Crippen LogP contribution in [-0.2, 0) is 4.79 Å². The Morgan fingerprint density at radius 1 is 1.00 bits per heavy atom. The molecule has 29 heavy (non-hydrogen) atoms. The summed E-state index contributed by atoms with van der Waals surface area (Å²) in [5.41, 5.74) is 4.34. The van der Waals surface area contributed by atoms with E-state index in [-0.39, 0.29) is 11.8 Å². The number of nitrogens with one attached hydrogen (secondary N) is 1. The Kier molecular flexibility index (Phi) is 6.80. The fourth-order valence-corrected chi connectivity index (χ4v) is 4.02. The summed E-state index contributed by atoms with van der Waals surface area (Å²) < 4.78 is 0. The maximum absolute atomic E-state index is 12.6. The zero-order chi connectivity index (χ0) is 21.0. The number of anilines is 2. The second-order valence-electron chi connectivity index (χ2n) is 7.61. The van der Waals surface area contributed by atoms with Crippen LogP contribution in [0.5, 0.6) is 0 Å². The van der Waals surface area contributed by atoms with Gasteiger partial charge in [-0.05, 0) is 50.6 Å². The largest absolute Gasteiger partial charge is 0.367 e. The maximum atomic E-state index is 12.6. The summed E-state index contributed by atoms with van der Waals surface area (Å²) in [5, 5.41) is 3.52. The number of nitrogens with zero attached hydrogens (tertiary/aromatic N) is 2. The number of hydrogen-bond acceptors (Lipinski definition) is 3. The van der Waals surface area contributed by atoms with Crippen molar-refractivity contribution < 1.29 is 9.59 Å². The summed E-state index contributed by atoms with van der Waals surface area (Å²) in [6.07, 6.45) is 1.48. The molecule has 1 N–H and O–H groups in total. The van der Waals surface area contributed by atoms with Crippen molar-refractivity contribution in [2.75, 3.05) is 36.4 Å². The number of halogens is 1. The van der Waals surface area contributed by atoms with Gasteiger partial charge in [-0.15, -0.1) is 0 Å². The topological polar surface area (TPSA) is 52.7 Å². The van der Waals surface area contributed by atoms with Crippen molar-refractivity contribution in [3.63, 3.8) is 0 Å². The van der Waals surface area contributed by atoms with E-state index in [0.29, 0.717) is 35.8 Å². The minimum atomic E-state index is -0.149. The van der Waals surface area contributed by atoms with Crippen molar-refractivity contribution in [2.24, 2.45) is 0 Å². The molecular formula is C23H28ClN3O2. The zero-order valence-corrected chi connectivity index (χ0v) is 18.1. The van der Waals surface area contributed by atoms with E-state index in [1.54, 1.807) is 6.07 Å². The quantitative estimate of drug-likeness (QED) is 0.775. The van der Waals surface area contributed by atoms with E-state index in [2.05, 4.69) is 10.2 Å². The van der Waals surface area contributed by atoms with Crippen LogP contribution in [0.1, 0.15) is 41.3 Å². The molecule has 6 heteroatoms. The highest BCUT2D eigenvalue weighted by molar-refractivity contribution is 6.33. The molecule has 2 aromatic carbocycles. The minimum Gasteiger partial charge on any atom is -0.367 e. The standard InChI is InChI=1S/C23H28ClN3O2/c1-4-5-22(28)27-10-8-26(9-11-27)21-7-6-19(15-20(21)24)25-23(29)18-13-16(2)12-17(3)14-18/h6-7,12-15H,4-5,8-11H2,1-3H3,(H,25,29). The Bertz CT molecular complexity index is 885. The molecule has 1 fully saturated rings. The molecule has 1 saturated heterocycles. The van der Waals surface area contributed by atoms with Gasteiger partial charge in [-0.3, -0.25) is 9.59 Å². The van der Waals surface area contributed by atoms with Gasteiger partial charge in [0.15, 0.2) is 0 Å². The number of carbonyl (C=O) groups is 2. The van der Waals surface area contributed by atoms with Gasteiger partial charge in [0.05, 0.1) is 10.7 Å². The Hall–Kier alpha value is -2.53. The van der Waals surface area contributed by atoms with Crippen LogP contribution in [0.2, 0.25) is 5.02 Å². The van der Waals surface area contributed by atoms with E-state index in [4.69, 9.17) is 11.6 Å². The Balaban J connectivity index is 1.65. The first kappa shape index (κ1) is 21.2. The summed E-state index contributed by atoms with van der Waals surface area (Å²) in [6.45, 7) is 8.90. The highest BCUT2D eigenvalue weighted by Crippen LogP contribution is 2.30. The van der Waals surface area contributed by atoms with Gasteiger partial charge in [-0.2, -0.15) is 0 Å². The molecule has 0 spiro atoms. The minimum absolute atomic E-state index is 0.149. The van der Waals surface area contributed by atoms with Crippen LogP contribution in [0.4, 0.5) is 11.4 Å². The van der Waals surface area contributed by atoms with Gasteiger partial charge in [0, 0.05) is 43.9 Å². The van der Waals surface area contributed by atoms with Gasteiger partial charge in [0.1, 0.15) is 0 Å². The molecule has 5 nitrogen and oxygen atoms in total. The number of piperazine rings is 1. The molecule has 3 rings (SSSR count). The molecule has 0 radical (unpaired) electrons. The average Bonchev–Trinajstić information content (AvgIpc) is 2.68. The number of amides is 2. The van der Waals surface area contributed by atoms with Crippen LogP contribution in [0, 0.1) is 13.8 Å². The molecule has 0 atom stereocenters. The zero-order valence-electron chi connectivity index (χ0n) is 17.3. The fourth-order valence-electron chi connectivity index (χ4n) is 3.72. The smallest absolute Gasteiger partial charge is 0.255 e. The molecule has 1 heterocycles. The number of aryl methyl sites for hydroxylation is 2. The lowest BCUT2D eigenvalue weighted by Gasteiger charge is -2.36. The molecule has 0 unspecified atom stereocenters. The summed E-state index contributed by atoms with van der Waals surface area (Å²) in [6, 6.07) is 11.4. The third-order valence-electron chi connectivity index (χ3n) is 5.13. The summed E-state index contributed by atoms with van der Waals surface area (Å²) >= 11 is 6.52. The molecule has 154 valence electrons. The lowest BCUT2D eigenvalue weighted by Crippen LogP contribution is -2.48. The molecule has 0 bridgehead atoms. The highest BCUT2D eigenvalue weighted by atomic mass is 35.5. The van der Waals surface area contributed by atoms with Crippen molar-refractivity contribution in [3.05, 3.63) is 58.1 Å². The third-order valence-corrected chi connectivity index (χ3v) is 5.43. The third kappa shape index (κ3) is 5.30. The van der Waals surface area contributed by atoms with E-state index >= 15 is 0 Å². The van der Waals surface area contributed by atoms with Gasteiger partial charge < -0.3 is 15.1 Å². The van der Waals surface area contributed by atoms with Gasteiger partial charge in [-0.1, -0.05) is 35.7 Å². The lowest BCUT2D eigenvalue weighted by molar-refractivity contribution is -0.131. The number of hydrogen-bond donors (Lipinski definition) is 1. The molecule has 1 aliphatic heterocycles. The maximum Gasteiger partial charge on any atom is 0.255 e. The molecule has 0 aliphatic carbocycles. The first-order valence-corrected chi connectivity index (χ1v) is 10.5. The van der Waals surface area contributed by atoms with Crippen molar-refractivity contribution in [3.8, 4) is 0 Å². The van der Waals surface area contributed by atoms with Crippen LogP contribution >= 0.6 is 11.6 Å². The number of benzene rings is 2. The molecule has 0 saturated carbocycles. The predicted octanol–water partition coefficient (Wildman–Crippen LogP) is 4.66. The predicted molar refractivity (Wildman–Crippen MR) is 119 cm³/mol. The normalized spacial score (nSPS) is 14.1. The van der Waals surface area contributed by atoms with Crippen LogP contribution in [0.15, 0.2) is 36.4 Å². The molecule has 0 aromatic heterocycles. The fraction of sp³-hybridized carbons (Fsp3) is 0.391. The Morgan fingerprint density at radius 2 is 1.66 bits per heavy atom. The number of rotatable bonds is 5. The van der Waals surface area contributed by atoms with Crippen LogP contribution in [0.3, 0.4) is 0 Å². The Labute approximate surface area is 177 Å². The first-order valence-electron chi connectivity index (χ1n) is 10.1. The van der Waals surface area contributed by atoms with Crippen molar-refractivity contribution >= 4 is 34.8 Å². The van der Waals surface area contributed by atoms with Gasteiger partial charge in [0.2, 0.25) is 5.91 Å². The van der Waals surface area contributed by atoms with Crippen LogP contribution in [0.25, 0.3) is 0 Å². The van der Waals surface area contributed by atoms with E-state index in [1.165, 1.54) is 0 Å². The van der Waals surface area contributed by atoms with E-state index < -0.39 is 0 Å². The summed E-state index contributed by atoms with van der Waals surface area (Å²) in [5.74, 6) is 0.0753. The van der Waals surface area contributed by atoms with Crippen molar-refractivity contribution in [1.82, 2.24) is 4.90 Å². The average molecular weight is 414 g/mol. The van der Waals surface area contributed by atoms with E-state index in [0.717, 1.165) is 36.3 Å². The monoisotopic (exact) mass is 413 g/mol. The van der Waals surface area contributed by atoms with E-state index in [1.807, 2.05) is 56.0 Å². The SMILES string of the molecule is CCCC(=O)N1CCN(c2ccc(NC(=O)c3cc(C)cc(C)c3)cc2Cl)CC1. The summed E-state index contributed by atoms with van der Waals surface area (Å²) in [4.78, 5) is 28.7. The van der Waals surface area contributed by atoms with Crippen molar-refractivity contribution in [1.29, 1.82) is 0 Å². The summed E-state index contributed by atoms with van der Waals surface area (Å²) in [7, 11) is 0. The molecule has 2 aromatic rings. The highest BCUT2D eigenvalue weighted by Gasteiger charge is 2.22. The lowest BCUT2D eigenvalue weighted by atomic mass is 10.1. The first-order chi connectivity index (χ1) is 13.9. The molecule has 2 amide bonds. The van der Waals surface area contributed by atoms with Gasteiger partial charge in [-0.25, -0.2) is 0 Å². The van der Waals surface area contributed by atoms with Gasteiger partial charge >= 0.3 is 0 Å². The van der Waals surface area contributed by atoms with Gasteiger partial charge in [0.25, 0.3) is 5.91 Å². The van der Waals surface area contributed by atoms with Crippen LogP contribution < -0.4 is 10.2 Å².